The van der Waals surface area contributed by atoms with E-state index in [0.29, 0.717) is 5.56 Å². The van der Waals surface area contributed by atoms with E-state index >= 15 is 0 Å². The molecular weight excluding hydrogens is 707 g/mol. The molecule has 0 unspecified atom stereocenters. The van der Waals surface area contributed by atoms with Gasteiger partial charge in [0.1, 0.15) is 11.2 Å². The Morgan fingerprint density at radius 3 is 1.78 bits per heavy atom. The maximum absolute atomic E-state index is 9.85. The maximum atomic E-state index is 9.85. The molecule has 0 aliphatic rings. The van der Waals surface area contributed by atoms with E-state index in [9.17, 15) is 5.26 Å². The molecule has 268 valence electrons. The number of pyridine rings is 2. The van der Waals surface area contributed by atoms with Gasteiger partial charge < -0.3 is 4.57 Å². The first-order chi connectivity index (χ1) is 28.7. The van der Waals surface area contributed by atoms with Crippen LogP contribution in [0.2, 0.25) is 0 Å². The van der Waals surface area contributed by atoms with Gasteiger partial charge in [0.2, 0.25) is 0 Å². The summed E-state index contributed by atoms with van der Waals surface area (Å²) in [5, 5.41) is 17.9. The highest BCUT2D eigenvalue weighted by atomic mass is 15.0. The molecule has 5 heteroatoms. The molecule has 4 heterocycles. The van der Waals surface area contributed by atoms with Crippen LogP contribution in [0, 0.1) is 11.3 Å². The van der Waals surface area contributed by atoms with Crippen molar-refractivity contribution in [2.24, 2.45) is 0 Å². The third-order valence-electron chi connectivity index (χ3n) is 11.7. The second-order valence-corrected chi connectivity index (χ2v) is 14.9. The van der Waals surface area contributed by atoms with Crippen LogP contribution in [0.1, 0.15) is 5.56 Å². The van der Waals surface area contributed by atoms with Gasteiger partial charge in [0.05, 0.1) is 39.4 Å². The number of nitrogens with zero attached hydrogens (tertiary/aromatic N) is 5. The zero-order valence-corrected chi connectivity index (χ0v) is 31.1. The van der Waals surface area contributed by atoms with E-state index in [1.165, 1.54) is 32.7 Å². The van der Waals surface area contributed by atoms with Gasteiger partial charge in [-0.1, -0.05) is 127 Å². The summed E-state index contributed by atoms with van der Waals surface area (Å²) in [6.07, 6.45) is 2.25. The molecule has 4 aromatic heterocycles. The van der Waals surface area contributed by atoms with E-state index in [1.54, 1.807) is 0 Å². The van der Waals surface area contributed by atoms with Crippen LogP contribution in [-0.4, -0.2) is 18.9 Å². The molecule has 12 rings (SSSR count). The van der Waals surface area contributed by atoms with Crippen LogP contribution in [0.25, 0.3) is 110 Å². The van der Waals surface area contributed by atoms with Crippen LogP contribution in [0.4, 0.5) is 0 Å². The predicted molar refractivity (Wildman–Crippen MR) is 238 cm³/mol. The minimum Gasteiger partial charge on any atom is -0.309 e. The quantitative estimate of drug-likeness (QED) is 0.169. The number of rotatable bonds is 4. The summed E-state index contributed by atoms with van der Waals surface area (Å²) in [6, 6.07) is 66.2. The van der Waals surface area contributed by atoms with Gasteiger partial charge in [-0.05, 0) is 98.4 Å². The van der Waals surface area contributed by atoms with Crippen LogP contribution in [-0.2, 0) is 0 Å². The maximum Gasteiger partial charge on any atom is 0.138 e. The van der Waals surface area contributed by atoms with Gasteiger partial charge in [-0.3, -0.25) is 4.40 Å². The molecule has 0 atom stereocenters. The van der Waals surface area contributed by atoms with Crippen molar-refractivity contribution >= 4 is 70.9 Å². The Kier molecular flexibility index (Phi) is 6.92. The van der Waals surface area contributed by atoms with E-state index in [2.05, 4.69) is 173 Å². The summed E-state index contributed by atoms with van der Waals surface area (Å²) in [5.41, 5.74) is 14.2. The normalized spacial score (nSPS) is 11.8. The minimum absolute atomic E-state index is 0.642. The van der Waals surface area contributed by atoms with Crippen LogP contribution >= 0.6 is 0 Å². The van der Waals surface area contributed by atoms with Crippen LogP contribution in [0.3, 0.4) is 0 Å². The third kappa shape index (κ3) is 4.70. The Balaban J connectivity index is 1.13. The molecule has 0 aliphatic heterocycles. The monoisotopic (exact) mass is 737 g/mol. The van der Waals surface area contributed by atoms with Gasteiger partial charge in [-0.25, -0.2) is 9.97 Å². The molecule has 0 radical (unpaired) electrons. The van der Waals surface area contributed by atoms with E-state index in [0.717, 1.165) is 77.5 Å². The molecule has 0 bridgehead atoms. The van der Waals surface area contributed by atoms with Crippen molar-refractivity contribution in [3.63, 3.8) is 0 Å². The van der Waals surface area contributed by atoms with Crippen molar-refractivity contribution in [2.45, 2.75) is 0 Å². The highest BCUT2D eigenvalue weighted by molar-refractivity contribution is 6.22. The second kappa shape index (κ2) is 12.5. The summed E-state index contributed by atoms with van der Waals surface area (Å²) >= 11 is 0. The Hall–Kier alpha value is -8.07. The van der Waals surface area contributed by atoms with Crippen molar-refractivity contribution < 1.29 is 0 Å². The lowest BCUT2D eigenvalue weighted by molar-refractivity contribution is 1.18. The summed E-state index contributed by atoms with van der Waals surface area (Å²) in [6.45, 7) is 0. The number of nitriles is 1. The van der Waals surface area contributed by atoms with Gasteiger partial charge in [0.25, 0.3) is 0 Å². The molecular formula is C53H31N5. The Morgan fingerprint density at radius 2 is 1.07 bits per heavy atom. The first kappa shape index (κ1) is 32.2. The molecule has 8 aromatic carbocycles. The van der Waals surface area contributed by atoms with Crippen LogP contribution in [0.5, 0.6) is 0 Å². The second-order valence-electron chi connectivity index (χ2n) is 14.9. The topological polar surface area (TPSA) is 58.9 Å². The van der Waals surface area contributed by atoms with Crippen molar-refractivity contribution in [3.05, 3.63) is 194 Å². The molecule has 12 aromatic rings. The Labute approximate surface area is 332 Å². The Morgan fingerprint density at radius 1 is 0.448 bits per heavy atom. The fourth-order valence-corrected chi connectivity index (χ4v) is 9.20. The van der Waals surface area contributed by atoms with Crippen molar-refractivity contribution in [3.8, 4) is 45.3 Å². The average Bonchev–Trinajstić information content (AvgIpc) is 3.84. The molecule has 5 nitrogen and oxygen atoms in total. The molecule has 58 heavy (non-hydrogen) atoms. The summed E-state index contributed by atoms with van der Waals surface area (Å²) < 4.78 is 4.50. The highest BCUT2D eigenvalue weighted by Crippen LogP contribution is 2.45. The molecule has 0 N–H and O–H groups in total. The fourth-order valence-electron chi connectivity index (χ4n) is 9.20. The van der Waals surface area contributed by atoms with Crippen LogP contribution < -0.4 is 0 Å². The van der Waals surface area contributed by atoms with Crippen molar-refractivity contribution in [2.75, 3.05) is 0 Å². The lowest BCUT2D eigenvalue weighted by Gasteiger charge is -2.18. The zero-order chi connectivity index (χ0) is 38.3. The number of imidazole rings is 1. The van der Waals surface area contributed by atoms with Gasteiger partial charge in [0, 0.05) is 33.6 Å². The van der Waals surface area contributed by atoms with Gasteiger partial charge in [0.15, 0.2) is 0 Å². The number of benzene rings is 8. The molecule has 0 saturated carbocycles. The SMILES string of the molecule is N#Cc1ccc2c3cc(-c4c5ccccc5c(-c5ccc6nc7c8ccccc8nc(-c8ccccc8)c7n6c5)c5ccccc45)ccc3n(-c3ccccc3)c2c1. The minimum atomic E-state index is 0.642. The van der Waals surface area contributed by atoms with Crippen LogP contribution in [0.15, 0.2) is 188 Å². The molecule has 0 spiro atoms. The highest BCUT2D eigenvalue weighted by Gasteiger charge is 2.21. The smallest absolute Gasteiger partial charge is 0.138 e. The first-order valence-electron chi connectivity index (χ1n) is 19.5. The lowest BCUT2D eigenvalue weighted by atomic mass is 9.86. The zero-order valence-electron chi connectivity index (χ0n) is 31.1. The number of para-hydroxylation sites is 2. The van der Waals surface area contributed by atoms with Gasteiger partial charge in [-0.15, -0.1) is 0 Å². The van der Waals surface area contributed by atoms with Crippen molar-refractivity contribution in [1.82, 2.24) is 18.9 Å². The first-order valence-corrected chi connectivity index (χ1v) is 19.5. The van der Waals surface area contributed by atoms with E-state index < -0.39 is 0 Å². The largest absolute Gasteiger partial charge is 0.309 e. The molecule has 0 aliphatic carbocycles. The van der Waals surface area contributed by atoms with E-state index in [-0.39, 0.29) is 0 Å². The third-order valence-corrected chi connectivity index (χ3v) is 11.7. The summed E-state index contributed by atoms with van der Waals surface area (Å²) in [7, 11) is 0. The van der Waals surface area contributed by atoms with E-state index in [1.807, 2.05) is 30.3 Å². The number of hydrogen-bond acceptors (Lipinski definition) is 3. The Bertz CT molecular complexity index is 3630. The predicted octanol–water partition coefficient (Wildman–Crippen LogP) is 13.3. The van der Waals surface area contributed by atoms with Crippen molar-refractivity contribution in [1.29, 1.82) is 5.26 Å². The molecule has 0 fully saturated rings. The number of aromatic nitrogens is 4. The molecule has 0 amide bonds. The fraction of sp³-hybridized carbons (Fsp3) is 0. The molecule has 0 saturated heterocycles. The van der Waals surface area contributed by atoms with E-state index in [4.69, 9.17) is 9.97 Å². The number of hydrogen-bond donors (Lipinski definition) is 0. The summed E-state index contributed by atoms with van der Waals surface area (Å²) in [5.74, 6) is 0. The number of fused-ring (bicyclic) bond motifs is 10. The van der Waals surface area contributed by atoms with Gasteiger partial charge >= 0.3 is 0 Å². The lowest BCUT2D eigenvalue weighted by Crippen LogP contribution is -1.95. The average molecular weight is 738 g/mol. The van der Waals surface area contributed by atoms with Gasteiger partial charge in [-0.2, -0.15) is 5.26 Å². The summed E-state index contributed by atoms with van der Waals surface area (Å²) in [4.78, 5) is 10.5. The standard InChI is InChI=1S/C53H31N5/c54-31-33-23-26-38-44-30-35(24-27-46(44)58(47(38)29-33)37-15-5-2-6-16-37)49-39-17-7-9-19-41(39)50(42-20-10-8-18-40(42)49)36-25-28-48-56-52-43-21-11-12-22-45(43)55-51(53(52)57(48)32-36)34-13-3-1-4-14-34/h1-30,32H.